The van der Waals surface area contributed by atoms with Crippen molar-refractivity contribution < 1.29 is 28.2 Å². The molecule has 0 spiro atoms. The summed E-state index contributed by atoms with van der Waals surface area (Å²) in [6.45, 7) is 1.04. The predicted octanol–water partition coefficient (Wildman–Crippen LogP) is 2.31. The summed E-state index contributed by atoms with van der Waals surface area (Å²) in [6, 6.07) is 11.0. The molecule has 0 radical (unpaired) electrons. The zero-order chi connectivity index (χ0) is 20.5. The molecule has 2 N–H and O–H groups in total. The zero-order valence-corrected chi connectivity index (χ0v) is 15.6. The van der Waals surface area contributed by atoms with Crippen LogP contribution in [-0.2, 0) is 20.7 Å². The van der Waals surface area contributed by atoms with Gasteiger partial charge in [-0.05, 0) is 30.2 Å². The van der Waals surface area contributed by atoms with E-state index in [1.807, 2.05) is 19.1 Å². The van der Waals surface area contributed by atoms with Crippen molar-refractivity contribution in [2.75, 3.05) is 25.6 Å². The van der Waals surface area contributed by atoms with Crippen LogP contribution in [-0.4, -0.2) is 38.0 Å². The number of para-hydroxylation sites is 1. The van der Waals surface area contributed by atoms with Crippen LogP contribution in [0.3, 0.4) is 0 Å². The number of nitrogens with one attached hydrogen (secondary N) is 2. The summed E-state index contributed by atoms with van der Waals surface area (Å²) < 4.78 is 23.4. The van der Waals surface area contributed by atoms with Crippen molar-refractivity contribution in [3.63, 3.8) is 0 Å². The van der Waals surface area contributed by atoms with Crippen LogP contribution < -0.4 is 15.4 Å². The molecule has 7 nitrogen and oxygen atoms in total. The van der Waals surface area contributed by atoms with Crippen LogP contribution in [0.4, 0.5) is 10.1 Å². The van der Waals surface area contributed by atoms with Crippen molar-refractivity contribution in [3.05, 3.63) is 59.4 Å². The summed E-state index contributed by atoms with van der Waals surface area (Å²) in [7, 11) is 1.37. The van der Waals surface area contributed by atoms with Crippen molar-refractivity contribution in [2.24, 2.45) is 0 Å². The molecule has 8 heteroatoms. The molecular formula is C20H21FN2O5. The average molecular weight is 388 g/mol. The monoisotopic (exact) mass is 388 g/mol. The molecule has 2 aromatic rings. The highest BCUT2D eigenvalue weighted by molar-refractivity contribution is 5.96. The van der Waals surface area contributed by atoms with Gasteiger partial charge in [0.1, 0.15) is 11.6 Å². The number of amides is 2. The van der Waals surface area contributed by atoms with E-state index < -0.39 is 30.2 Å². The van der Waals surface area contributed by atoms with Crippen LogP contribution in [0.2, 0.25) is 0 Å². The van der Waals surface area contributed by atoms with Crippen molar-refractivity contribution in [3.8, 4) is 5.75 Å². The normalized spacial score (nSPS) is 10.1. The lowest BCUT2D eigenvalue weighted by atomic mass is 10.1. The quantitative estimate of drug-likeness (QED) is 0.677. The van der Waals surface area contributed by atoms with Crippen LogP contribution in [0.15, 0.2) is 42.5 Å². The zero-order valence-electron chi connectivity index (χ0n) is 15.6. The van der Waals surface area contributed by atoms with Crippen LogP contribution in [0.25, 0.3) is 0 Å². The summed E-state index contributed by atoms with van der Waals surface area (Å²) in [5, 5.41) is 5.04. The van der Waals surface area contributed by atoms with Gasteiger partial charge in [-0.15, -0.1) is 0 Å². The fourth-order valence-corrected chi connectivity index (χ4v) is 2.37. The molecule has 0 atom stereocenters. The Bertz CT molecular complexity index is 869. The third-order valence-electron chi connectivity index (χ3n) is 3.85. The second-order valence-corrected chi connectivity index (χ2v) is 5.76. The van der Waals surface area contributed by atoms with E-state index >= 15 is 0 Å². The summed E-state index contributed by atoms with van der Waals surface area (Å²) in [4.78, 5) is 35.6. The Balaban J connectivity index is 1.79. The van der Waals surface area contributed by atoms with E-state index in [2.05, 4.69) is 10.6 Å². The van der Waals surface area contributed by atoms with E-state index in [-0.39, 0.29) is 17.9 Å². The molecule has 0 aliphatic carbocycles. The lowest BCUT2D eigenvalue weighted by Gasteiger charge is -2.10. The molecule has 0 unspecified atom stereocenters. The van der Waals surface area contributed by atoms with Crippen LogP contribution >= 0.6 is 0 Å². The van der Waals surface area contributed by atoms with E-state index in [9.17, 15) is 18.8 Å². The highest BCUT2D eigenvalue weighted by atomic mass is 19.1. The maximum Gasteiger partial charge on any atom is 0.341 e. The standard InChI is InChI=1S/C20H21FN2O5/c1-3-13-6-4-5-7-17(13)23-18(24)11-22-19(25)12-28-20(26)15-9-8-14(27-2)10-16(15)21/h4-10H,3,11-12H2,1-2H3,(H,22,25)(H,23,24). The highest BCUT2D eigenvalue weighted by Crippen LogP contribution is 2.17. The number of esters is 1. The smallest absolute Gasteiger partial charge is 0.341 e. The Hall–Kier alpha value is -3.42. The summed E-state index contributed by atoms with van der Waals surface area (Å²) >= 11 is 0. The van der Waals surface area contributed by atoms with E-state index in [1.54, 1.807) is 12.1 Å². The molecule has 0 aliphatic heterocycles. The summed E-state index contributed by atoms with van der Waals surface area (Å²) in [5.41, 5.74) is 1.32. The molecule has 28 heavy (non-hydrogen) atoms. The van der Waals surface area contributed by atoms with Crippen LogP contribution in [0.5, 0.6) is 5.75 Å². The molecule has 0 heterocycles. The fraction of sp³-hybridized carbons (Fsp3) is 0.250. The number of benzene rings is 2. The first-order valence-electron chi connectivity index (χ1n) is 8.59. The largest absolute Gasteiger partial charge is 0.497 e. The van der Waals surface area contributed by atoms with E-state index in [0.29, 0.717) is 5.69 Å². The average Bonchev–Trinajstić information content (AvgIpc) is 2.70. The fourth-order valence-electron chi connectivity index (χ4n) is 2.37. The van der Waals surface area contributed by atoms with E-state index in [4.69, 9.17) is 9.47 Å². The molecular weight excluding hydrogens is 367 g/mol. The van der Waals surface area contributed by atoms with Gasteiger partial charge < -0.3 is 20.1 Å². The maximum absolute atomic E-state index is 13.8. The van der Waals surface area contributed by atoms with Gasteiger partial charge in [0.25, 0.3) is 5.91 Å². The van der Waals surface area contributed by atoms with Crippen molar-refractivity contribution in [2.45, 2.75) is 13.3 Å². The van der Waals surface area contributed by atoms with Crippen LogP contribution in [0, 0.1) is 5.82 Å². The highest BCUT2D eigenvalue weighted by Gasteiger charge is 2.16. The van der Waals surface area contributed by atoms with Gasteiger partial charge >= 0.3 is 5.97 Å². The minimum Gasteiger partial charge on any atom is -0.497 e. The minimum atomic E-state index is -0.989. The van der Waals surface area contributed by atoms with E-state index in [1.165, 1.54) is 19.2 Å². The van der Waals surface area contributed by atoms with Gasteiger partial charge in [0, 0.05) is 11.8 Å². The van der Waals surface area contributed by atoms with E-state index in [0.717, 1.165) is 18.1 Å². The summed E-state index contributed by atoms with van der Waals surface area (Å²) in [6.07, 6.45) is 0.751. The molecule has 2 amide bonds. The first-order chi connectivity index (χ1) is 13.4. The molecule has 0 aliphatic rings. The number of carbonyl (C=O) groups excluding carboxylic acids is 3. The van der Waals surface area contributed by atoms with Crippen molar-refractivity contribution in [1.29, 1.82) is 0 Å². The molecule has 0 bridgehead atoms. The van der Waals surface area contributed by atoms with Gasteiger partial charge in [-0.2, -0.15) is 0 Å². The van der Waals surface area contributed by atoms with Crippen molar-refractivity contribution in [1.82, 2.24) is 5.32 Å². The van der Waals surface area contributed by atoms with Crippen LogP contribution in [0.1, 0.15) is 22.8 Å². The Morgan fingerprint density at radius 1 is 1.07 bits per heavy atom. The second-order valence-electron chi connectivity index (χ2n) is 5.76. The van der Waals surface area contributed by atoms with Gasteiger partial charge in [-0.1, -0.05) is 25.1 Å². The first kappa shape index (κ1) is 20.9. The molecule has 148 valence electrons. The molecule has 0 saturated heterocycles. The molecule has 2 aromatic carbocycles. The molecule has 0 fully saturated rings. The lowest BCUT2D eigenvalue weighted by molar-refractivity contribution is -0.126. The number of carbonyl (C=O) groups is 3. The number of anilines is 1. The maximum atomic E-state index is 13.8. The Morgan fingerprint density at radius 2 is 1.82 bits per heavy atom. The predicted molar refractivity (Wildman–Crippen MR) is 101 cm³/mol. The first-order valence-corrected chi connectivity index (χ1v) is 8.59. The summed E-state index contributed by atoms with van der Waals surface area (Å²) in [5.74, 6) is -2.65. The number of hydrogen-bond donors (Lipinski definition) is 2. The topological polar surface area (TPSA) is 93.7 Å². The van der Waals surface area contributed by atoms with Crippen molar-refractivity contribution >= 4 is 23.5 Å². The third kappa shape index (κ3) is 5.80. The SMILES string of the molecule is CCc1ccccc1NC(=O)CNC(=O)COC(=O)c1ccc(OC)cc1F. The molecule has 0 aromatic heterocycles. The number of aryl methyl sites for hydroxylation is 1. The number of ether oxygens (including phenoxy) is 2. The van der Waals surface area contributed by atoms with Gasteiger partial charge in [0.05, 0.1) is 19.2 Å². The number of methoxy groups -OCH3 is 1. The van der Waals surface area contributed by atoms with Gasteiger partial charge in [-0.3, -0.25) is 9.59 Å². The minimum absolute atomic E-state index is 0.252. The van der Waals surface area contributed by atoms with Gasteiger partial charge in [0.2, 0.25) is 5.91 Å². The third-order valence-corrected chi connectivity index (χ3v) is 3.85. The molecule has 0 saturated carbocycles. The second kappa shape index (κ2) is 10.1. The van der Waals surface area contributed by atoms with Gasteiger partial charge in [0.15, 0.2) is 6.61 Å². The lowest BCUT2D eigenvalue weighted by Crippen LogP contribution is -2.35. The van der Waals surface area contributed by atoms with Gasteiger partial charge in [-0.25, -0.2) is 9.18 Å². The number of halogens is 1. The molecule has 2 rings (SSSR count). The Labute approximate surface area is 161 Å². The Kier molecular flexibility index (Phi) is 7.50. The Morgan fingerprint density at radius 3 is 2.50 bits per heavy atom. The number of hydrogen-bond acceptors (Lipinski definition) is 5. The number of rotatable bonds is 8.